The molecule has 3 heterocycles. The molecule has 1 aliphatic heterocycles. The highest BCUT2D eigenvalue weighted by Crippen LogP contribution is 2.35. The summed E-state index contributed by atoms with van der Waals surface area (Å²) >= 11 is 0. The topological polar surface area (TPSA) is 205 Å². The van der Waals surface area contributed by atoms with Crippen LogP contribution in [0.3, 0.4) is 0 Å². The van der Waals surface area contributed by atoms with Gasteiger partial charge < -0.3 is 45.1 Å². The third-order valence-electron chi connectivity index (χ3n) is 5.37. The highest BCUT2D eigenvalue weighted by molar-refractivity contribution is 5.89. The van der Waals surface area contributed by atoms with Gasteiger partial charge in [-0.3, -0.25) is 0 Å². The van der Waals surface area contributed by atoms with Gasteiger partial charge in [-0.2, -0.15) is 4.98 Å². The van der Waals surface area contributed by atoms with Crippen LogP contribution in [0.1, 0.15) is 16.6 Å². The molecular formula is C21H25N5O9. The van der Waals surface area contributed by atoms with Gasteiger partial charge in [0.2, 0.25) is 0 Å². The van der Waals surface area contributed by atoms with E-state index in [0.717, 1.165) is 0 Å². The number of anilines is 1. The fourth-order valence-corrected chi connectivity index (χ4v) is 3.55. The Hall–Kier alpha value is -3.56. The van der Waals surface area contributed by atoms with Crippen molar-refractivity contribution in [3.05, 3.63) is 36.2 Å². The Labute approximate surface area is 198 Å². The van der Waals surface area contributed by atoms with E-state index in [9.17, 15) is 25.2 Å². The van der Waals surface area contributed by atoms with E-state index >= 15 is 0 Å². The number of fused-ring (bicyclic) bond motifs is 1. The van der Waals surface area contributed by atoms with Crippen LogP contribution in [0.25, 0.3) is 11.2 Å². The number of hydrogen-bond acceptors (Lipinski definition) is 13. The summed E-state index contributed by atoms with van der Waals surface area (Å²) in [5.41, 5.74) is 6.57. The molecule has 188 valence electrons. The summed E-state index contributed by atoms with van der Waals surface area (Å²) in [4.78, 5) is 23.7. The van der Waals surface area contributed by atoms with Crippen LogP contribution >= 0.6 is 0 Å². The number of methoxy groups -OCH3 is 1. The van der Waals surface area contributed by atoms with E-state index < -0.39 is 43.2 Å². The SMILES string of the molecule is COC(=O)c1ccc(OCC(O)COc2nc3c(N)ncnc3n2[C@@H]2O[C@H](CO)[C@@H](O)[C@H]2O)cc1. The molecule has 0 spiro atoms. The zero-order valence-electron chi connectivity index (χ0n) is 18.6. The molecule has 1 fully saturated rings. The number of ether oxygens (including phenoxy) is 4. The Morgan fingerprint density at radius 3 is 2.54 bits per heavy atom. The molecule has 3 aromatic rings. The van der Waals surface area contributed by atoms with E-state index in [1.165, 1.54) is 30.1 Å². The molecule has 0 bridgehead atoms. The second-order valence-electron chi connectivity index (χ2n) is 7.72. The lowest BCUT2D eigenvalue weighted by atomic mass is 10.1. The molecule has 14 heteroatoms. The summed E-state index contributed by atoms with van der Waals surface area (Å²) < 4.78 is 22.7. The van der Waals surface area contributed by atoms with Crippen LogP contribution in [0.15, 0.2) is 30.6 Å². The molecule has 1 aromatic carbocycles. The van der Waals surface area contributed by atoms with E-state index in [2.05, 4.69) is 19.7 Å². The van der Waals surface area contributed by atoms with Crippen molar-refractivity contribution < 1.29 is 44.2 Å². The minimum absolute atomic E-state index is 0.0460. The average Bonchev–Trinajstić information content (AvgIpc) is 3.38. The van der Waals surface area contributed by atoms with Crippen LogP contribution < -0.4 is 15.2 Å². The number of hydrogen-bond donors (Lipinski definition) is 5. The smallest absolute Gasteiger partial charge is 0.337 e. The molecule has 0 aliphatic carbocycles. The highest BCUT2D eigenvalue weighted by atomic mass is 16.6. The van der Waals surface area contributed by atoms with Crippen molar-refractivity contribution in [2.75, 3.05) is 32.7 Å². The molecular weight excluding hydrogens is 466 g/mol. The molecule has 35 heavy (non-hydrogen) atoms. The van der Waals surface area contributed by atoms with Crippen molar-refractivity contribution in [3.63, 3.8) is 0 Å². The number of aromatic nitrogens is 4. The standard InChI is InChI=1S/C21H25N5O9/c1-32-20(31)10-2-4-12(5-3-10)33-7-11(28)8-34-21-25-14-17(22)23-9-24-18(14)26(21)19-16(30)15(29)13(6-27)35-19/h2-5,9,11,13,15-16,19,27-30H,6-8H2,1H3,(H2,22,23,24)/t11?,13-,15-,16-,19-/m1/s1. The van der Waals surface area contributed by atoms with Crippen molar-refractivity contribution in [1.82, 2.24) is 19.5 Å². The van der Waals surface area contributed by atoms with Crippen LogP contribution in [0.4, 0.5) is 5.82 Å². The lowest BCUT2D eigenvalue weighted by Gasteiger charge is -2.20. The second kappa shape index (κ2) is 10.4. The van der Waals surface area contributed by atoms with E-state index in [-0.39, 0.29) is 36.2 Å². The Balaban J connectivity index is 1.47. The first-order chi connectivity index (χ1) is 16.8. The molecule has 14 nitrogen and oxygen atoms in total. The Kier molecular flexibility index (Phi) is 7.28. The fourth-order valence-electron chi connectivity index (χ4n) is 3.55. The Bertz CT molecular complexity index is 1170. The maximum absolute atomic E-state index is 11.5. The maximum atomic E-state index is 11.5. The monoisotopic (exact) mass is 491 g/mol. The van der Waals surface area contributed by atoms with Crippen molar-refractivity contribution in [3.8, 4) is 11.8 Å². The number of esters is 1. The average molecular weight is 491 g/mol. The van der Waals surface area contributed by atoms with Crippen LogP contribution in [-0.4, -0.2) is 97.3 Å². The number of aliphatic hydroxyl groups excluding tert-OH is 4. The predicted octanol–water partition coefficient (Wildman–Crippen LogP) is -1.37. The summed E-state index contributed by atoms with van der Waals surface area (Å²) in [6.45, 7) is -0.940. The van der Waals surface area contributed by atoms with E-state index in [0.29, 0.717) is 11.3 Å². The summed E-state index contributed by atoms with van der Waals surface area (Å²) in [5.74, 6) is -0.0180. The fraction of sp³-hybridized carbons (Fsp3) is 0.429. The van der Waals surface area contributed by atoms with Crippen LogP contribution in [0, 0.1) is 0 Å². The largest absolute Gasteiger partial charge is 0.491 e. The van der Waals surface area contributed by atoms with Gasteiger partial charge in [0.15, 0.2) is 23.2 Å². The molecule has 1 unspecified atom stereocenters. The number of nitrogens with two attached hydrogens (primary N) is 1. The highest BCUT2D eigenvalue weighted by Gasteiger charge is 2.45. The summed E-state index contributed by atoms with van der Waals surface area (Å²) in [6, 6.07) is 6.06. The van der Waals surface area contributed by atoms with E-state index in [1.807, 2.05) is 0 Å². The maximum Gasteiger partial charge on any atom is 0.337 e. The van der Waals surface area contributed by atoms with Gasteiger partial charge in [-0.05, 0) is 24.3 Å². The minimum Gasteiger partial charge on any atom is -0.491 e. The molecule has 4 rings (SSSR count). The predicted molar refractivity (Wildman–Crippen MR) is 118 cm³/mol. The molecule has 1 saturated heterocycles. The summed E-state index contributed by atoms with van der Waals surface area (Å²) in [5, 5.41) is 40.4. The first-order valence-electron chi connectivity index (χ1n) is 10.6. The van der Waals surface area contributed by atoms with Gasteiger partial charge in [0, 0.05) is 0 Å². The van der Waals surface area contributed by atoms with Gasteiger partial charge in [-0.1, -0.05) is 0 Å². The first kappa shape index (κ1) is 24.6. The molecule has 0 radical (unpaired) electrons. The zero-order valence-corrected chi connectivity index (χ0v) is 18.6. The number of aliphatic hydroxyl groups is 4. The Morgan fingerprint density at radius 2 is 1.89 bits per heavy atom. The number of benzene rings is 1. The van der Waals surface area contributed by atoms with Crippen molar-refractivity contribution in [2.45, 2.75) is 30.6 Å². The van der Waals surface area contributed by atoms with E-state index in [4.69, 9.17) is 19.9 Å². The van der Waals surface area contributed by atoms with Crippen LogP contribution in [0.2, 0.25) is 0 Å². The third kappa shape index (κ3) is 4.96. The van der Waals surface area contributed by atoms with Gasteiger partial charge in [0.05, 0.1) is 19.3 Å². The van der Waals surface area contributed by atoms with Gasteiger partial charge >= 0.3 is 12.0 Å². The Morgan fingerprint density at radius 1 is 1.17 bits per heavy atom. The molecule has 2 aromatic heterocycles. The number of nitrogens with zero attached hydrogens (tertiary/aromatic N) is 4. The van der Waals surface area contributed by atoms with Gasteiger partial charge in [0.1, 0.15) is 49.7 Å². The zero-order chi connectivity index (χ0) is 25.1. The number of imidazole rings is 1. The molecule has 5 atom stereocenters. The second-order valence-corrected chi connectivity index (χ2v) is 7.72. The molecule has 6 N–H and O–H groups in total. The molecule has 0 saturated carbocycles. The summed E-state index contributed by atoms with van der Waals surface area (Å²) in [7, 11) is 1.28. The van der Waals surface area contributed by atoms with Gasteiger partial charge in [-0.25, -0.2) is 19.3 Å². The van der Waals surface area contributed by atoms with Gasteiger partial charge in [0.25, 0.3) is 0 Å². The minimum atomic E-state index is -1.43. The number of carbonyl (C=O) groups is 1. The normalized spacial score (nSPS) is 22.8. The van der Waals surface area contributed by atoms with Gasteiger partial charge in [-0.15, -0.1) is 0 Å². The lowest BCUT2D eigenvalue weighted by molar-refractivity contribution is -0.0554. The number of nitrogen functional groups attached to an aromatic ring is 1. The number of carbonyl (C=O) groups excluding carboxylic acids is 1. The lowest BCUT2D eigenvalue weighted by Crippen LogP contribution is -2.33. The first-order valence-corrected chi connectivity index (χ1v) is 10.6. The van der Waals surface area contributed by atoms with Crippen LogP contribution in [0.5, 0.6) is 11.8 Å². The van der Waals surface area contributed by atoms with Crippen molar-refractivity contribution in [2.24, 2.45) is 0 Å². The molecule has 1 aliphatic rings. The van der Waals surface area contributed by atoms with Crippen molar-refractivity contribution >= 4 is 23.0 Å². The summed E-state index contributed by atoms with van der Waals surface area (Å²) in [6.07, 6.45) is -4.93. The molecule has 0 amide bonds. The third-order valence-corrected chi connectivity index (χ3v) is 5.37. The number of rotatable bonds is 9. The van der Waals surface area contributed by atoms with Crippen LogP contribution in [-0.2, 0) is 9.47 Å². The van der Waals surface area contributed by atoms with Crippen molar-refractivity contribution in [1.29, 1.82) is 0 Å². The van der Waals surface area contributed by atoms with E-state index in [1.54, 1.807) is 12.1 Å². The quantitative estimate of drug-likeness (QED) is 0.219.